The number of hydrogen-bond acceptors (Lipinski definition) is 0. The van der Waals surface area contributed by atoms with Gasteiger partial charge in [0.2, 0.25) is 0 Å². The lowest BCUT2D eigenvalue weighted by molar-refractivity contribution is 0.719. The molecule has 0 aromatic heterocycles. The van der Waals surface area contributed by atoms with Crippen molar-refractivity contribution in [1.82, 2.24) is 0 Å². The lowest BCUT2D eigenvalue weighted by Gasteiger charge is -2.33. The van der Waals surface area contributed by atoms with Crippen LogP contribution < -0.4 is 0 Å². The molecule has 1 unspecified atom stereocenters. The van der Waals surface area contributed by atoms with Crippen LogP contribution in [0.3, 0.4) is 0 Å². The van der Waals surface area contributed by atoms with Crippen LogP contribution in [0, 0.1) is 0 Å². The zero-order valence-corrected chi connectivity index (χ0v) is 15.8. The van der Waals surface area contributed by atoms with Gasteiger partial charge in [-0.2, -0.15) is 0 Å². The van der Waals surface area contributed by atoms with Crippen LogP contribution in [0.5, 0.6) is 0 Å². The Balaban J connectivity index is 4.38. The summed E-state index contributed by atoms with van der Waals surface area (Å²) in [5.41, 5.74) is 0. The maximum absolute atomic E-state index is 3.61. The normalized spacial score (nSPS) is 16.2. The van der Waals surface area contributed by atoms with Gasteiger partial charge < -0.3 is 0 Å². The van der Waals surface area contributed by atoms with E-state index in [1.165, 1.54) is 0 Å². The maximum Gasteiger partial charge on any atom is 0.160 e. The van der Waals surface area contributed by atoms with Crippen LogP contribution in [0.1, 0.15) is 19.8 Å². The molecule has 0 saturated heterocycles. The van der Waals surface area contributed by atoms with E-state index in [1.54, 1.807) is 0 Å². The molecular weight excluding hydrogens is 551 g/mol. The third-order valence-electron chi connectivity index (χ3n) is 1.31. The van der Waals surface area contributed by atoms with Crippen LogP contribution in [0.4, 0.5) is 0 Å². The Labute approximate surface area is 124 Å². The maximum atomic E-state index is 3.61. The Morgan fingerprint density at radius 2 is 1.50 bits per heavy atom. The highest BCUT2D eigenvalue weighted by atomic mass is 80.0. The van der Waals surface area contributed by atoms with E-state index in [0.717, 1.165) is 12.8 Å². The predicted octanol–water partition coefficient (Wildman–Crippen LogP) is 5.87. The van der Waals surface area contributed by atoms with E-state index >= 15 is 0 Å². The Morgan fingerprint density at radius 1 is 1.08 bits per heavy atom. The second-order valence-electron chi connectivity index (χ2n) is 2.38. The molecule has 0 aliphatic carbocycles. The zero-order valence-electron chi connectivity index (χ0n) is 6.26. The summed E-state index contributed by atoms with van der Waals surface area (Å²) in [5.74, 6) is 0. The van der Waals surface area contributed by atoms with E-state index in [2.05, 4.69) is 103 Å². The fourth-order valence-corrected chi connectivity index (χ4v) is 3.62. The largest absolute Gasteiger partial charge is 0.160 e. The predicted molar refractivity (Wildman–Crippen MR) is 77.7 cm³/mol. The molecule has 0 heterocycles. The summed E-state index contributed by atoms with van der Waals surface area (Å²) in [6.07, 6.45) is 2.22. The first-order valence-electron chi connectivity index (χ1n) is 3.32. The highest BCUT2D eigenvalue weighted by Crippen LogP contribution is 2.56. The molecule has 0 N–H and O–H groups in total. The molecule has 0 aromatic carbocycles. The van der Waals surface area contributed by atoms with E-state index in [4.69, 9.17) is 0 Å². The smallest absolute Gasteiger partial charge is 0.0865 e. The molecule has 0 aliphatic rings. The third-order valence-corrected chi connectivity index (χ3v) is 11.1. The monoisotopic (exact) mass is 554 g/mol. The van der Waals surface area contributed by atoms with Crippen molar-refractivity contribution in [2.45, 2.75) is 30.0 Å². The lowest BCUT2D eigenvalue weighted by atomic mass is 10.2. The average Bonchev–Trinajstić information content (AvgIpc) is 1.85. The van der Waals surface area contributed by atoms with Crippen LogP contribution in [0.2, 0.25) is 0 Å². The number of alkyl halides is 6. The fourth-order valence-electron chi connectivity index (χ4n) is 0.612. The summed E-state index contributed by atoms with van der Waals surface area (Å²) in [6, 6.07) is 0. The molecule has 0 bridgehead atoms. The van der Waals surface area contributed by atoms with E-state index in [0.29, 0.717) is 4.83 Å². The number of hydrogen-bond donors (Lipinski definition) is 0. The fraction of sp³-hybridized carbons (Fsp3) is 1.00. The van der Waals surface area contributed by atoms with Gasteiger partial charge in [0.25, 0.3) is 0 Å². The minimum Gasteiger partial charge on any atom is -0.0865 e. The van der Waals surface area contributed by atoms with Crippen molar-refractivity contribution < 1.29 is 0 Å². The molecule has 0 aromatic rings. The Kier molecular flexibility index (Phi) is 7.22. The molecule has 0 fully saturated rings. The first-order chi connectivity index (χ1) is 5.23. The average molecular weight is 560 g/mol. The van der Waals surface area contributed by atoms with Gasteiger partial charge >= 0.3 is 0 Å². The molecule has 0 aliphatic heterocycles. The zero-order chi connectivity index (χ0) is 9.99. The van der Waals surface area contributed by atoms with Crippen molar-refractivity contribution in [2.24, 2.45) is 0 Å². The molecule has 0 saturated carbocycles. The van der Waals surface area contributed by atoms with Crippen molar-refractivity contribution in [1.29, 1.82) is 0 Å². The van der Waals surface area contributed by atoms with Gasteiger partial charge in [0.15, 0.2) is 2.14 Å². The van der Waals surface area contributed by atoms with E-state index < -0.39 is 0 Å². The van der Waals surface area contributed by atoms with Crippen molar-refractivity contribution >= 4 is 95.6 Å². The van der Waals surface area contributed by atoms with Crippen molar-refractivity contribution in [3.63, 3.8) is 0 Å². The third kappa shape index (κ3) is 4.17. The molecule has 0 nitrogen and oxygen atoms in total. The second-order valence-corrected chi connectivity index (χ2v) is 13.8. The second kappa shape index (κ2) is 5.83. The molecule has 0 radical (unpaired) electrons. The van der Waals surface area contributed by atoms with Crippen LogP contribution in [0.25, 0.3) is 0 Å². The molecule has 0 rings (SSSR count). The van der Waals surface area contributed by atoms with Crippen LogP contribution in [0.15, 0.2) is 0 Å². The van der Waals surface area contributed by atoms with Crippen LogP contribution in [-0.2, 0) is 0 Å². The molecular formula is C6H8Br6. The van der Waals surface area contributed by atoms with E-state index in [9.17, 15) is 0 Å². The number of halogens is 6. The Morgan fingerprint density at radius 3 is 1.75 bits per heavy atom. The first kappa shape index (κ1) is 14.9. The Bertz CT molecular complexity index is 137. The molecule has 6 heteroatoms. The summed E-state index contributed by atoms with van der Waals surface area (Å²) in [7, 11) is 0. The van der Waals surface area contributed by atoms with Crippen LogP contribution in [-0.4, -0.2) is 10.2 Å². The van der Waals surface area contributed by atoms with Gasteiger partial charge in [0.1, 0.15) is 3.23 Å². The van der Waals surface area contributed by atoms with E-state index in [-0.39, 0.29) is 5.38 Å². The highest BCUT2D eigenvalue weighted by molar-refractivity contribution is 9.41. The van der Waals surface area contributed by atoms with Crippen molar-refractivity contribution in [3.8, 4) is 0 Å². The van der Waals surface area contributed by atoms with Gasteiger partial charge in [-0.3, -0.25) is 0 Å². The van der Waals surface area contributed by atoms with E-state index in [1.807, 2.05) is 0 Å². The summed E-state index contributed by atoms with van der Waals surface area (Å²) >= 11 is 21.2. The highest BCUT2D eigenvalue weighted by Gasteiger charge is 2.47. The van der Waals surface area contributed by atoms with Crippen molar-refractivity contribution in [3.05, 3.63) is 0 Å². The van der Waals surface area contributed by atoms with Gasteiger partial charge in [-0.15, -0.1) is 0 Å². The summed E-state index contributed by atoms with van der Waals surface area (Å²) in [6.45, 7) is 2.16. The summed E-state index contributed by atoms with van der Waals surface area (Å²) in [4.78, 5) is 0.327. The first-order valence-corrected chi connectivity index (χ1v) is 8.20. The van der Waals surface area contributed by atoms with Crippen molar-refractivity contribution in [2.75, 3.05) is 0 Å². The topological polar surface area (TPSA) is 0 Å². The molecule has 12 heavy (non-hydrogen) atoms. The van der Waals surface area contributed by atoms with Crippen LogP contribution >= 0.6 is 95.6 Å². The quantitative estimate of drug-likeness (QED) is 0.380. The van der Waals surface area contributed by atoms with Gasteiger partial charge in [0.05, 0.1) is 0 Å². The summed E-state index contributed by atoms with van der Waals surface area (Å²) < 4.78 is -0.619. The number of rotatable bonds is 3. The minimum absolute atomic E-state index is 0.261. The molecule has 74 valence electrons. The Hall–Kier alpha value is 2.88. The molecule has 0 amide bonds. The molecule has 1 atom stereocenters. The molecule has 0 spiro atoms. The van der Waals surface area contributed by atoms with Gasteiger partial charge in [-0.1, -0.05) is 109 Å². The summed E-state index contributed by atoms with van der Waals surface area (Å²) in [5, 5.41) is 0. The van der Waals surface area contributed by atoms with Gasteiger partial charge in [-0.25, -0.2) is 0 Å². The van der Waals surface area contributed by atoms with Gasteiger partial charge in [-0.05, 0) is 6.42 Å². The standard InChI is InChI=1S/C6H8Br6/c1-2-3-4(7)5(8,9)6(10,11)12/h4H,2-3H2,1H3. The van der Waals surface area contributed by atoms with Gasteiger partial charge in [0, 0.05) is 4.83 Å². The minimum atomic E-state index is -0.358. The lowest BCUT2D eigenvalue weighted by Crippen LogP contribution is -2.37. The SMILES string of the molecule is CCCC(Br)C(Br)(Br)C(Br)(Br)Br.